The van der Waals surface area contributed by atoms with Gasteiger partial charge in [-0.05, 0) is 26.3 Å². The van der Waals surface area contributed by atoms with Crippen LogP contribution in [0.15, 0.2) is 30.3 Å². The Morgan fingerprint density at radius 3 is 1.22 bits per heavy atom. The zero-order chi connectivity index (χ0) is 35.5. The lowest BCUT2D eigenvalue weighted by Crippen LogP contribution is -2.28. The monoisotopic (exact) mass is 705 g/mol. The van der Waals surface area contributed by atoms with Crippen LogP contribution in [0.2, 0.25) is 0 Å². The Bertz CT molecular complexity index is 887. The molecule has 0 atom stereocenters. The van der Waals surface area contributed by atoms with E-state index in [4.69, 9.17) is 56.8 Å². The minimum Gasteiger partial charge on any atom is -0.458 e. The summed E-state index contributed by atoms with van der Waals surface area (Å²) in [5.41, 5.74) is 0.419. The zero-order valence-corrected chi connectivity index (χ0v) is 29.7. The van der Waals surface area contributed by atoms with Crippen LogP contribution in [-0.2, 0) is 68.2 Å². The van der Waals surface area contributed by atoms with E-state index in [0.717, 1.165) is 5.56 Å². The minimum atomic E-state index is -0.515. The summed E-state index contributed by atoms with van der Waals surface area (Å²) in [5, 5.41) is 2.64. The molecule has 49 heavy (non-hydrogen) atoms. The van der Waals surface area contributed by atoms with Crippen molar-refractivity contribution >= 4 is 12.1 Å². The topological polar surface area (TPSA) is 157 Å². The van der Waals surface area contributed by atoms with Gasteiger partial charge in [-0.15, -0.1) is 0 Å². The fourth-order valence-electron chi connectivity index (χ4n) is 3.51. The van der Waals surface area contributed by atoms with Crippen LogP contribution >= 0.6 is 0 Å². The maximum Gasteiger partial charge on any atom is 0.407 e. The van der Waals surface area contributed by atoms with E-state index in [0.29, 0.717) is 132 Å². The summed E-state index contributed by atoms with van der Waals surface area (Å²) >= 11 is 0. The number of benzene rings is 1. The lowest BCUT2D eigenvalue weighted by Gasteiger charge is -2.19. The summed E-state index contributed by atoms with van der Waals surface area (Å²) in [5.74, 6) is -0.391. The molecule has 0 aliphatic carbocycles. The number of esters is 1. The van der Waals surface area contributed by atoms with Crippen LogP contribution in [0.5, 0.6) is 0 Å². The third-order valence-corrected chi connectivity index (χ3v) is 5.72. The largest absolute Gasteiger partial charge is 0.458 e. The van der Waals surface area contributed by atoms with Crippen LogP contribution in [0.3, 0.4) is 0 Å². The van der Waals surface area contributed by atoms with Crippen molar-refractivity contribution in [1.29, 1.82) is 0 Å². The quantitative estimate of drug-likeness (QED) is 0.0824. The SMILES string of the molecule is CC(C)(C)OC(=O)COCCOCCOCCOCCOCCOCCOCCOCCOCCOCCNC(=O)OCc1ccccc1. The van der Waals surface area contributed by atoms with Gasteiger partial charge >= 0.3 is 12.1 Å². The molecule has 1 N–H and O–H groups in total. The molecule has 1 aromatic carbocycles. The van der Waals surface area contributed by atoms with Gasteiger partial charge in [0.1, 0.15) is 18.8 Å². The molecule has 0 saturated heterocycles. The molecule has 0 aromatic heterocycles. The third kappa shape index (κ3) is 33.8. The highest BCUT2D eigenvalue weighted by Gasteiger charge is 2.15. The maximum absolute atomic E-state index is 11.6. The molecule has 0 aliphatic rings. The van der Waals surface area contributed by atoms with E-state index in [1.807, 2.05) is 51.1 Å². The number of hydrogen-bond acceptors (Lipinski definition) is 14. The molecule has 0 aliphatic heterocycles. The second kappa shape index (κ2) is 32.7. The van der Waals surface area contributed by atoms with Crippen molar-refractivity contribution in [2.75, 3.05) is 139 Å². The molecule has 284 valence electrons. The number of alkyl carbamates (subject to hydrolysis) is 1. The van der Waals surface area contributed by atoms with Crippen molar-refractivity contribution in [3.05, 3.63) is 35.9 Å². The highest BCUT2D eigenvalue weighted by molar-refractivity contribution is 5.71. The number of nitrogens with one attached hydrogen (secondary N) is 1. The van der Waals surface area contributed by atoms with Crippen LogP contribution in [0.1, 0.15) is 26.3 Å². The van der Waals surface area contributed by atoms with E-state index in [2.05, 4.69) is 5.32 Å². The van der Waals surface area contributed by atoms with Crippen LogP contribution in [0, 0.1) is 0 Å². The first-order valence-electron chi connectivity index (χ1n) is 16.8. The first kappa shape index (κ1) is 44.6. The van der Waals surface area contributed by atoms with E-state index in [1.165, 1.54) is 0 Å². The Kier molecular flexibility index (Phi) is 29.8. The predicted molar refractivity (Wildman–Crippen MR) is 179 cm³/mol. The third-order valence-electron chi connectivity index (χ3n) is 5.72. The van der Waals surface area contributed by atoms with Gasteiger partial charge in [-0.2, -0.15) is 0 Å². The lowest BCUT2D eigenvalue weighted by molar-refractivity contribution is -0.160. The molecule has 1 amide bonds. The first-order chi connectivity index (χ1) is 23.9. The number of amides is 1. The van der Waals surface area contributed by atoms with Crippen LogP contribution in [0.4, 0.5) is 4.79 Å². The van der Waals surface area contributed by atoms with Gasteiger partial charge in [0.15, 0.2) is 0 Å². The van der Waals surface area contributed by atoms with Gasteiger partial charge < -0.3 is 62.2 Å². The molecular weight excluding hydrogens is 646 g/mol. The highest BCUT2D eigenvalue weighted by atomic mass is 16.6. The fourth-order valence-corrected chi connectivity index (χ4v) is 3.51. The second-order valence-electron chi connectivity index (χ2n) is 11.1. The number of carbonyl (C=O) groups excluding carboxylic acids is 2. The predicted octanol–water partition coefficient (Wildman–Crippen LogP) is 2.42. The van der Waals surface area contributed by atoms with Gasteiger partial charge in [-0.1, -0.05) is 30.3 Å². The number of rotatable bonds is 34. The van der Waals surface area contributed by atoms with Gasteiger partial charge in [0.2, 0.25) is 0 Å². The Labute approximate surface area is 291 Å². The average molecular weight is 706 g/mol. The van der Waals surface area contributed by atoms with E-state index in [1.54, 1.807) is 0 Å². The first-order valence-corrected chi connectivity index (χ1v) is 16.8. The normalized spacial score (nSPS) is 11.5. The van der Waals surface area contributed by atoms with Gasteiger partial charge in [0.05, 0.1) is 126 Å². The molecule has 15 heteroatoms. The van der Waals surface area contributed by atoms with E-state index in [-0.39, 0.29) is 13.2 Å². The molecular formula is C34H59NO14. The summed E-state index contributed by atoms with van der Waals surface area (Å²) in [6, 6.07) is 9.49. The standard InChI is InChI=1S/C34H59NO14/c1-34(2,3)49-32(36)30-47-28-27-46-26-25-45-24-23-44-22-21-43-20-19-42-18-17-41-16-15-40-14-13-39-12-11-38-10-9-35-33(37)48-29-31-7-5-4-6-8-31/h4-8H,9-30H2,1-3H3,(H,35,37). The van der Waals surface area contributed by atoms with Crippen LogP contribution in [-0.4, -0.2) is 156 Å². The Hall–Kier alpha value is -2.44. The minimum absolute atomic E-state index is 0.0879. The van der Waals surface area contributed by atoms with Gasteiger partial charge in [-0.3, -0.25) is 0 Å². The zero-order valence-electron chi connectivity index (χ0n) is 29.7. The lowest BCUT2D eigenvalue weighted by atomic mass is 10.2. The molecule has 15 nitrogen and oxygen atoms in total. The van der Waals surface area contributed by atoms with Crippen molar-refractivity contribution in [3.8, 4) is 0 Å². The Balaban J connectivity index is 1.66. The molecule has 0 heterocycles. The molecule has 1 aromatic rings. The van der Waals surface area contributed by atoms with Crippen molar-refractivity contribution in [3.63, 3.8) is 0 Å². The second-order valence-corrected chi connectivity index (χ2v) is 11.1. The van der Waals surface area contributed by atoms with Crippen molar-refractivity contribution in [2.24, 2.45) is 0 Å². The molecule has 1 rings (SSSR count). The van der Waals surface area contributed by atoms with E-state index >= 15 is 0 Å². The molecule has 0 spiro atoms. The summed E-state index contributed by atoms with van der Waals surface area (Å²) in [6.07, 6.45) is -0.473. The van der Waals surface area contributed by atoms with Gasteiger partial charge in [-0.25, -0.2) is 9.59 Å². The number of carbonyl (C=O) groups is 2. The van der Waals surface area contributed by atoms with E-state index in [9.17, 15) is 9.59 Å². The smallest absolute Gasteiger partial charge is 0.407 e. The fraction of sp³-hybridized carbons (Fsp3) is 0.765. The van der Waals surface area contributed by atoms with Crippen molar-refractivity contribution in [1.82, 2.24) is 5.32 Å². The highest BCUT2D eigenvalue weighted by Crippen LogP contribution is 2.06. The summed E-state index contributed by atoms with van der Waals surface area (Å²) in [7, 11) is 0. The maximum atomic E-state index is 11.6. The average Bonchev–Trinajstić information content (AvgIpc) is 3.07. The molecule has 0 fully saturated rings. The van der Waals surface area contributed by atoms with Crippen LogP contribution < -0.4 is 5.32 Å². The molecule has 0 bridgehead atoms. The van der Waals surface area contributed by atoms with E-state index < -0.39 is 17.7 Å². The van der Waals surface area contributed by atoms with Gasteiger partial charge in [0, 0.05) is 6.54 Å². The molecule has 0 radical (unpaired) electrons. The molecule has 0 unspecified atom stereocenters. The van der Waals surface area contributed by atoms with Crippen molar-refractivity contribution < 1.29 is 66.4 Å². The number of hydrogen-bond donors (Lipinski definition) is 1. The Morgan fingerprint density at radius 2 is 0.857 bits per heavy atom. The summed E-state index contributed by atoms with van der Waals surface area (Å²) in [6.45, 7) is 14.4. The summed E-state index contributed by atoms with van der Waals surface area (Å²) in [4.78, 5) is 23.1. The van der Waals surface area contributed by atoms with Crippen molar-refractivity contribution in [2.45, 2.75) is 33.0 Å². The molecule has 0 saturated carbocycles. The number of ether oxygens (including phenoxy) is 12. The van der Waals surface area contributed by atoms with Gasteiger partial charge in [0.25, 0.3) is 0 Å². The van der Waals surface area contributed by atoms with Crippen LogP contribution in [0.25, 0.3) is 0 Å². The Morgan fingerprint density at radius 1 is 0.510 bits per heavy atom. The summed E-state index contributed by atoms with van der Waals surface area (Å²) < 4.78 is 64.5.